The molecule has 0 saturated carbocycles. The van der Waals surface area contributed by atoms with Crippen LogP contribution in [0.2, 0.25) is 5.02 Å². The maximum atomic E-state index is 12.0. The van der Waals surface area contributed by atoms with Gasteiger partial charge in [0, 0.05) is 40.8 Å². The standard InChI is InChI=1S/C17H13ClN2O3/c18-14-6-4-11(5-7-14)13-9-16(19-17(21)10-13)12-2-1-3-15(8-12)20(22)23/h1-9,13H,10H2,(H,19,21). The number of carbonyl (C=O) groups excluding carboxylic acids is 1. The number of nitrogens with one attached hydrogen (secondary N) is 1. The van der Waals surface area contributed by atoms with Crippen LogP contribution in [0.25, 0.3) is 5.70 Å². The van der Waals surface area contributed by atoms with Crippen LogP contribution in [0.4, 0.5) is 5.69 Å². The van der Waals surface area contributed by atoms with Crippen LogP contribution in [0.3, 0.4) is 0 Å². The molecule has 0 bridgehead atoms. The fraction of sp³-hybridized carbons (Fsp3) is 0.118. The third kappa shape index (κ3) is 3.40. The number of non-ortho nitro benzene ring substituents is 1. The highest BCUT2D eigenvalue weighted by molar-refractivity contribution is 6.30. The molecule has 23 heavy (non-hydrogen) atoms. The van der Waals surface area contributed by atoms with E-state index in [9.17, 15) is 14.9 Å². The second-order valence-electron chi connectivity index (χ2n) is 5.30. The normalized spacial score (nSPS) is 17.3. The van der Waals surface area contributed by atoms with Crippen LogP contribution in [0.15, 0.2) is 54.6 Å². The van der Waals surface area contributed by atoms with Gasteiger partial charge >= 0.3 is 0 Å². The van der Waals surface area contributed by atoms with E-state index < -0.39 is 4.92 Å². The summed E-state index contributed by atoms with van der Waals surface area (Å²) in [7, 11) is 0. The molecule has 3 rings (SSSR count). The van der Waals surface area contributed by atoms with Crippen molar-refractivity contribution in [1.29, 1.82) is 0 Å². The van der Waals surface area contributed by atoms with E-state index in [1.807, 2.05) is 18.2 Å². The van der Waals surface area contributed by atoms with E-state index in [-0.39, 0.29) is 17.5 Å². The van der Waals surface area contributed by atoms with Gasteiger partial charge in [-0.25, -0.2) is 0 Å². The number of hydrogen-bond donors (Lipinski definition) is 1. The first kappa shape index (κ1) is 15.2. The number of benzene rings is 2. The molecule has 5 nitrogen and oxygen atoms in total. The number of nitro groups is 1. The van der Waals surface area contributed by atoms with Gasteiger partial charge in [-0.3, -0.25) is 14.9 Å². The summed E-state index contributed by atoms with van der Waals surface area (Å²) in [6.07, 6.45) is 2.25. The molecular formula is C17H13ClN2O3. The Kier molecular flexibility index (Phi) is 4.12. The average Bonchev–Trinajstić information content (AvgIpc) is 2.55. The Morgan fingerprint density at radius 2 is 1.91 bits per heavy atom. The molecule has 1 unspecified atom stereocenters. The average molecular weight is 329 g/mol. The van der Waals surface area contributed by atoms with E-state index in [0.717, 1.165) is 5.56 Å². The lowest BCUT2D eigenvalue weighted by Crippen LogP contribution is -2.28. The Hall–Kier alpha value is -2.66. The topological polar surface area (TPSA) is 72.2 Å². The highest BCUT2D eigenvalue weighted by atomic mass is 35.5. The zero-order valence-corrected chi connectivity index (χ0v) is 12.8. The monoisotopic (exact) mass is 328 g/mol. The molecule has 0 spiro atoms. The van der Waals surface area contributed by atoms with Crippen LogP contribution in [0.1, 0.15) is 23.5 Å². The summed E-state index contributed by atoms with van der Waals surface area (Å²) >= 11 is 5.89. The Balaban J connectivity index is 1.97. The molecule has 0 saturated heterocycles. The quantitative estimate of drug-likeness (QED) is 0.686. The van der Waals surface area contributed by atoms with E-state index in [0.29, 0.717) is 22.7 Å². The fourth-order valence-corrected chi connectivity index (χ4v) is 2.71. The van der Waals surface area contributed by atoms with Gasteiger partial charge in [0.25, 0.3) is 5.69 Å². The van der Waals surface area contributed by atoms with Gasteiger partial charge in [-0.15, -0.1) is 0 Å². The molecule has 1 aliphatic heterocycles. The van der Waals surface area contributed by atoms with Gasteiger partial charge in [-0.1, -0.05) is 41.9 Å². The summed E-state index contributed by atoms with van der Waals surface area (Å²) < 4.78 is 0. The first-order chi connectivity index (χ1) is 11.0. The lowest BCUT2D eigenvalue weighted by atomic mass is 9.90. The molecule has 1 N–H and O–H groups in total. The molecule has 6 heteroatoms. The number of rotatable bonds is 3. The molecule has 0 aliphatic carbocycles. The van der Waals surface area contributed by atoms with Gasteiger partial charge in [0.2, 0.25) is 5.91 Å². The number of amides is 1. The number of hydrogen-bond acceptors (Lipinski definition) is 3. The van der Waals surface area contributed by atoms with Crippen molar-refractivity contribution in [3.05, 3.63) is 80.9 Å². The van der Waals surface area contributed by atoms with Crippen LogP contribution in [0, 0.1) is 10.1 Å². The van der Waals surface area contributed by atoms with E-state index in [2.05, 4.69) is 5.32 Å². The highest BCUT2D eigenvalue weighted by Gasteiger charge is 2.22. The number of nitrogens with zero attached hydrogens (tertiary/aromatic N) is 1. The zero-order valence-electron chi connectivity index (χ0n) is 12.0. The molecule has 2 aromatic rings. The third-order valence-corrected chi connectivity index (χ3v) is 3.97. The molecule has 116 valence electrons. The summed E-state index contributed by atoms with van der Waals surface area (Å²) in [6, 6.07) is 13.5. The molecule has 0 aromatic heterocycles. The third-order valence-electron chi connectivity index (χ3n) is 3.71. The predicted molar refractivity (Wildman–Crippen MR) is 88.0 cm³/mol. The fourth-order valence-electron chi connectivity index (χ4n) is 2.58. The van der Waals surface area contributed by atoms with Crippen LogP contribution < -0.4 is 5.32 Å². The van der Waals surface area contributed by atoms with Gasteiger partial charge < -0.3 is 5.32 Å². The molecular weight excluding hydrogens is 316 g/mol. The molecule has 0 fully saturated rings. The summed E-state index contributed by atoms with van der Waals surface area (Å²) in [5.74, 6) is -0.204. The largest absolute Gasteiger partial charge is 0.326 e. The molecule has 1 heterocycles. The second-order valence-corrected chi connectivity index (χ2v) is 5.73. The lowest BCUT2D eigenvalue weighted by Gasteiger charge is -2.22. The van der Waals surface area contributed by atoms with Gasteiger partial charge in [-0.05, 0) is 17.7 Å². The van der Waals surface area contributed by atoms with E-state index in [1.165, 1.54) is 12.1 Å². The van der Waals surface area contributed by atoms with E-state index >= 15 is 0 Å². The Morgan fingerprint density at radius 1 is 1.17 bits per heavy atom. The maximum Gasteiger partial charge on any atom is 0.270 e. The molecule has 1 amide bonds. The highest BCUT2D eigenvalue weighted by Crippen LogP contribution is 2.30. The summed E-state index contributed by atoms with van der Waals surface area (Å²) in [4.78, 5) is 22.5. The first-order valence-corrected chi connectivity index (χ1v) is 7.43. The second kappa shape index (κ2) is 6.22. The van der Waals surface area contributed by atoms with Gasteiger partial charge in [0.15, 0.2) is 0 Å². The molecule has 1 atom stereocenters. The predicted octanol–water partition coefficient (Wildman–Crippen LogP) is 3.89. The minimum atomic E-state index is -0.453. The lowest BCUT2D eigenvalue weighted by molar-refractivity contribution is -0.384. The van der Waals surface area contributed by atoms with Crippen LogP contribution >= 0.6 is 11.6 Å². The molecule has 0 radical (unpaired) electrons. The van der Waals surface area contributed by atoms with Gasteiger partial charge in [0.05, 0.1) is 4.92 Å². The smallest absolute Gasteiger partial charge is 0.270 e. The SMILES string of the molecule is O=C1CC(c2ccc(Cl)cc2)C=C(c2cccc([N+](=O)[O-])c2)N1. The van der Waals surface area contributed by atoms with E-state index in [1.54, 1.807) is 24.3 Å². The number of nitro benzene ring substituents is 1. The van der Waals surface area contributed by atoms with Gasteiger partial charge in [0.1, 0.15) is 0 Å². The Labute approximate surface area is 137 Å². The minimum absolute atomic E-state index is 0.00809. The van der Waals surface area contributed by atoms with Crippen molar-refractivity contribution in [2.45, 2.75) is 12.3 Å². The van der Waals surface area contributed by atoms with Crippen LogP contribution in [0.5, 0.6) is 0 Å². The zero-order chi connectivity index (χ0) is 16.4. The van der Waals surface area contributed by atoms with Crippen molar-refractivity contribution >= 4 is 28.9 Å². The number of allylic oxidation sites excluding steroid dienone is 1. The molecule has 2 aromatic carbocycles. The van der Waals surface area contributed by atoms with Crippen LogP contribution in [-0.2, 0) is 4.79 Å². The van der Waals surface area contributed by atoms with Crippen molar-refractivity contribution in [3.63, 3.8) is 0 Å². The van der Waals surface area contributed by atoms with Crippen molar-refractivity contribution in [1.82, 2.24) is 5.32 Å². The maximum absolute atomic E-state index is 12.0. The summed E-state index contributed by atoms with van der Waals surface area (Å²) in [6.45, 7) is 0. The van der Waals surface area contributed by atoms with Crippen molar-refractivity contribution in [3.8, 4) is 0 Å². The Morgan fingerprint density at radius 3 is 2.61 bits per heavy atom. The van der Waals surface area contributed by atoms with Crippen molar-refractivity contribution in [2.24, 2.45) is 0 Å². The minimum Gasteiger partial charge on any atom is -0.326 e. The van der Waals surface area contributed by atoms with Crippen molar-refractivity contribution < 1.29 is 9.72 Å². The summed E-state index contributed by atoms with van der Waals surface area (Å²) in [5, 5.41) is 14.3. The number of carbonyl (C=O) groups is 1. The van der Waals surface area contributed by atoms with E-state index in [4.69, 9.17) is 11.6 Å². The number of halogens is 1. The molecule has 1 aliphatic rings. The first-order valence-electron chi connectivity index (χ1n) is 7.05. The van der Waals surface area contributed by atoms with Crippen molar-refractivity contribution in [2.75, 3.05) is 0 Å². The van der Waals surface area contributed by atoms with Gasteiger partial charge in [-0.2, -0.15) is 0 Å². The van der Waals surface area contributed by atoms with Crippen LogP contribution in [-0.4, -0.2) is 10.8 Å². The Bertz CT molecular complexity index is 800. The summed E-state index contributed by atoms with van der Waals surface area (Å²) in [5.41, 5.74) is 2.18.